The fraction of sp³-hybridized carbons (Fsp3) is 0.727. The van der Waals surface area contributed by atoms with Crippen LogP contribution in [0.2, 0.25) is 0 Å². The van der Waals surface area contributed by atoms with Crippen LogP contribution in [0, 0.1) is 6.92 Å². The molecule has 0 fully saturated rings. The smallest absolute Gasteiger partial charge is 0.0798 e. The second kappa shape index (κ2) is 5.58. The largest absolute Gasteiger partial charge is 0.311 e. The molecule has 0 aliphatic heterocycles. The summed E-state index contributed by atoms with van der Waals surface area (Å²) in [4.78, 5) is 5.56. The van der Waals surface area contributed by atoms with Crippen molar-refractivity contribution >= 4 is 11.3 Å². The molecule has 0 amide bonds. The van der Waals surface area contributed by atoms with E-state index < -0.39 is 0 Å². The Morgan fingerprint density at radius 3 is 2.60 bits per heavy atom. The van der Waals surface area contributed by atoms with E-state index in [4.69, 9.17) is 0 Å². The lowest BCUT2D eigenvalue weighted by atomic mass is 10.1. The molecule has 86 valence electrons. The second-order valence-electron chi connectivity index (χ2n) is 4.71. The molecule has 1 aromatic rings. The van der Waals surface area contributed by atoms with Gasteiger partial charge in [-0.2, -0.15) is 0 Å². The van der Waals surface area contributed by atoms with Crippen molar-refractivity contribution in [1.29, 1.82) is 0 Å². The molecule has 2 N–H and O–H groups in total. The Morgan fingerprint density at radius 2 is 2.07 bits per heavy atom. The van der Waals surface area contributed by atoms with Gasteiger partial charge in [-0.3, -0.25) is 0 Å². The van der Waals surface area contributed by atoms with Crippen molar-refractivity contribution in [2.45, 2.75) is 39.8 Å². The summed E-state index contributed by atoms with van der Waals surface area (Å²) in [5.41, 5.74) is 3.26. The van der Waals surface area contributed by atoms with Gasteiger partial charge in [-0.15, -0.1) is 11.3 Å². The van der Waals surface area contributed by atoms with Crippen LogP contribution < -0.4 is 10.6 Å². The zero-order chi connectivity index (χ0) is 11.3. The van der Waals surface area contributed by atoms with Crippen molar-refractivity contribution in [3.63, 3.8) is 0 Å². The van der Waals surface area contributed by atoms with Crippen LogP contribution in [0.25, 0.3) is 0 Å². The zero-order valence-electron chi connectivity index (χ0n) is 10.1. The van der Waals surface area contributed by atoms with Crippen LogP contribution in [0.3, 0.4) is 0 Å². The Bertz CT molecular complexity index is 288. The summed E-state index contributed by atoms with van der Waals surface area (Å²) < 4.78 is 0. The van der Waals surface area contributed by atoms with Gasteiger partial charge in [-0.05, 0) is 27.7 Å². The van der Waals surface area contributed by atoms with Gasteiger partial charge in [0.15, 0.2) is 0 Å². The molecule has 0 unspecified atom stereocenters. The van der Waals surface area contributed by atoms with E-state index in [9.17, 15) is 0 Å². The predicted octanol–water partition coefficient (Wildman–Crippen LogP) is 1.93. The second-order valence-corrected chi connectivity index (χ2v) is 5.65. The molecule has 0 saturated carbocycles. The average Bonchev–Trinajstić information content (AvgIpc) is 2.49. The van der Waals surface area contributed by atoms with Gasteiger partial charge < -0.3 is 10.6 Å². The van der Waals surface area contributed by atoms with E-state index in [1.807, 2.05) is 5.51 Å². The number of hydrogen-bond donors (Lipinski definition) is 2. The highest BCUT2D eigenvalue weighted by atomic mass is 32.1. The van der Waals surface area contributed by atoms with Crippen molar-refractivity contribution in [2.75, 3.05) is 13.1 Å². The van der Waals surface area contributed by atoms with Crippen molar-refractivity contribution < 1.29 is 0 Å². The van der Waals surface area contributed by atoms with E-state index in [0.717, 1.165) is 25.3 Å². The lowest BCUT2D eigenvalue weighted by Crippen LogP contribution is -2.40. The van der Waals surface area contributed by atoms with Crippen LogP contribution in [0.1, 0.15) is 31.3 Å². The quantitative estimate of drug-likeness (QED) is 0.755. The molecule has 0 aliphatic carbocycles. The Hall–Kier alpha value is -0.450. The molecule has 0 saturated heterocycles. The first-order chi connectivity index (χ1) is 6.99. The molecular weight excluding hydrogens is 206 g/mol. The van der Waals surface area contributed by atoms with Crippen LogP contribution in [-0.2, 0) is 6.54 Å². The van der Waals surface area contributed by atoms with E-state index in [0.29, 0.717) is 0 Å². The van der Waals surface area contributed by atoms with E-state index in [2.05, 4.69) is 43.3 Å². The maximum atomic E-state index is 4.22. The standard InChI is InChI=1S/C11H21N3S/c1-9-10(15-8-13-9)7-12-5-6-14-11(2,3)4/h8,12,14H,5-7H2,1-4H3. The van der Waals surface area contributed by atoms with Gasteiger partial charge in [0, 0.05) is 30.1 Å². The first-order valence-electron chi connectivity index (χ1n) is 5.34. The van der Waals surface area contributed by atoms with Gasteiger partial charge in [-0.25, -0.2) is 4.98 Å². The van der Waals surface area contributed by atoms with Crippen LogP contribution in [0.15, 0.2) is 5.51 Å². The molecular formula is C11H21N3S. The van der Waals surface area contributed by atoms with Gasteiger partial charge in [-0.1, -0.05) is 0 Å². The molecule has 4 heteroatoms. The highest BCUT2D eigenvalue weighted by Gasteiger charge is 2.07. The zero-order valence-corrected chi connectivity index (χ0v) is 10.9. The van der Waals surface area contributed by atoms with E-state index >= 15 is 0 Å². The number of thiazole rings is 1. The summed E-state index contributed by atoms with van der Waals surface area (Å²) in [6.07, 6.45) is 0. The first-order valence-corrected chi connectivity index (χ1v) is 6.22. The highest BCUT2D eigenvalue weighted by Crippen LogP contribution is 2.10. The summed E-state index contributed by atoms with van der Waals surface area (Å²) in [7, 11) is 0. The number of nitrogens with zero attached hydrogens (tertiary/aromatic N) is 1. The van der Waals surface area contributed by atoms with E-state index in [1.165, 1.54) is 4.88 Å². The molecule has 0 radical (unpaired) electrons. The van der Waals surface area contributed by atoms with Gasteiger partial charge in [0.05, 0.1) is 11.2 Å². The van der Waals surface area contributed by atoms with Crippen molar-refractivity contribution in [3.8, 4) is 0 Å². The third-order valence-corrected chi connectivity index (χ3v) is 3.02. The summed E-state index contributed by atoms with van der Waals surface area (Å²) in [6, 6.07) is 0. The number of aromatic nitrogens is 1. The SMILES string of the molecule is Cc1ncsc1CNCCNC(C)(C)C. The summed E-state index contributed by atoms with van der Waals surface area (Å²) in [5.74, 6) is 0. The van der Waals surface area contributed by atoms with Crippen molar-refractivity contribution in [3.05, 3.63) is 16.1 Å². The molecule has 0 bridgehead atoms. The van der Waals surface area contributed by atoms with Crippen molar-refractivity contribution in [1.82, 2.24) is 15.6 Å². The molecule has 0 aromatic carbocycles. The normalized spacial score (nSPS) is 12.0. The molecule has 1 heterocycles. The van der Waals surface area contributed by atoms with Crippen LogP contribution in [0.4, 0.5) is 0 Å². The predicted molar refractivity (Wildman–Crippen MR) is 66.3 cm³/mol. The van der Waals surface area contributed by atoms with Crippen molar-refractivity contribution in [2.24, 2.45) is 0 Å². The monoisotopic (exact) mass is 227 g/mol. The Kier molecular flexibility index (Phi) is 4.70. The summed E-state index contributed by atoms with van der Waals surface area (Å²) in [6.45, 7) is 11.5. The molecule has 1 aromatic heterocycles. The Labute approximate surface area is 96.3 Å². The van der Waals surface area contributed by atoms with Crippen LogP contribution >= 0.6 is 11.3 Å². The third kappa shape index (κ3) is 5.25. The van der Waals surface area contributed by atoms with E-state index in [1.54, 1.807) is 11.3 Å². The average molecular weight is 227 g/mol. The molecule has 15 heavy (non-hydrogen) atoms. The third-order valence-electron chi connectivity index (χ3n) is 2.09. The first kappa shape index (κ1) is 12.6. The summed E-state index contributed by atoms with van der Waals surface area (Å²) in [5, 5.41) is 6.85. The summed E-state index contributed by atoms with van der Waals surface area (Å²) >= 11 is 1.72. The number of rotatable bonds is 5. The van der Waals surface area contributed by atoms with Crippen LogP contribution in [-0.4, -0.2) is 23.6 Å². The minimum absolute atomic E-state index is 0.210. The van der Waals surface area contributed by atoms with Gasteiger partial charge in [0.1, 0.15) is 0 Å². The number of hydrogen-bond acceptors (Lipinski definition) is 4. The fourth-order valence-corrected chi connectivity index (χ4v) is 1.97. The Morgan fingerprint density at radius 1 is 1.33 bits per heavy atom. The minimum atomic E-state index is 0.210. The molecule has 3 nitrogen and oxygen atoms in total. The maximum Gasteiger partial charge on any atom is 0.0798 e. The maximum absolute atomic E-state index is 4.22. The molecule has 1 rings (SSSR count). The molecule has 0 atom stereocenters. The van der Waals surface area contributed by atoms with Gasteiger partial charge in [0.2, 0.25) is 0 Å². The minimum Gasteiger partial charge on any atom is -0.311 e. The topological polar surface area (TPSA) is 37.0 Å². The lowest BCUT2D eigenvalue weighted by molar-refractivity contribution is 0.421. The molecule has 0 spiro atoms. The number of aryl methyl sites for hydroxylation is 1. The molecule has 0 aliphatic rings. The van der Waals surface area contributed by atoms with Gasteiger partial charge >= 0.3 is 0 Å². The van der Waals surface area contributed by atoms with E-state index in [-0.39, 0.29) is 5.54 Å². The highest BCUT2D eigenvalue weighted by molar-refractivity contribution is 7.09. The van der Waals surface area contributed by atoms with Crippen LogP contribution in [0.5, 0.6) is 0 Å². The Balaban J connectivity index is 2.10. The number of nitrogens with one attached hydrogen (secondary N) is 2. The fourth-order valence-electron chi connectivity index (χ4n) is 1.22. The van der Waals surface area contributed by atoms with Gasteiger partial charge in [0.25, 0.3) is 0 Å². The lowest BCUT2D eigenvalue weighted by Gasteiger charge is -2.20.